The van der Waals surface area contributed by atoms with E-state index in [-0.39, 0.29) is 12.5 Å². The van der Waals surface area contributed by atoms with Gasteiger partial charge in [0.15, 0.2) is 0 Å². The first kappa shape index (κ1) is 18.5. The lowest BCUT2D eigenvalue weighted by atomic mass is 10.1. The van der Waals surface area contributed by atoms with Crippen LogP contribution in [0.25, 0.3) is 0 Å². The van der Waals surface area contributed by atoms with Crippen LogP contribution in [0.3, 0.4) is 0 Å². The second kappa shape index (κ2) is 6.99. The first-order valence-corrected chi connectivity index (χ1v) is 8.06. The molecule has 4 nitrogen and oxygen atoms in total. The number of halogens is 3. The van der Waals surface area contributed by atoms with E-state index in [4.69, 9.17) is 4.74 Å². The van der Waals surface area contributed by atoms with Gasteiger partial charge in [0.2, 0.25) is 0 Å². The van der Waals surface area contributed by atoms with E-state index < -0.39 is 18.2 Å². The molecule has 24 heavy (non-hydrogen) atoms. The largest absolute Gasteiger partial charge is 0.444 e. The van der Waals surface area contributed by atoms with Gasteiger partial charge in [0.05, 0.1) is 0 Å². The number of aryl methyl sites for hydroxylation is 1. The lowest BCUT2D eigenvalue weighted by Gasteiger charge is -2.26. The molecule has 0 aromatic carbocycles. The number of pyridine rings is 1. The van der Waals surface area contributed by atoms with E-state index in [0.717, 1.165) is 11.3 Å². The topological polar surface area (TPSA) is 42.4 Å². The van der Waals surface area contributed by atoms with Gasteiger partial charge in [-0.2, -0.15) is 13.2 Å². The van der Waals surface area contributed by atoms with E-state index in [1.165, 1.54) is 0 Å². The molecule has 0 fully saturated rings. The zero-order valence-corrected chi connectivity index (χ0v) is 14.2. The average molecular weight is 344 g/mol. The van der Waals surface area contributed by atoms with Crippen molar-refractivity contribution in [1.82, 2.24) is 9.88 Å². The van der Waals surface area contributed by atoms with Gasteiger partial charge in [-0.1, -0.05) is 6.07 Å². The highest BCUT2D eigenvalue weighted by molar-refractivity contribution is 5.68. The van der Waals surface area contributed by atoms with E-state index in [1.54, 1.807) is 11.0 Å². The molecule has 134 valence electrons. The van der Waals surface area contributed by atoms with E-state index >= 15 is 0 Å². The van der Waals surface area contributed by atoms with Crippen LogP contribution in [-0.2, 0) is 24.0 Å². The maximum Gasteiger partial charge on any atom is 0.410 e. The zero-order valence-electron chi connectivity index (χ0n) is 14.2. The van der Waals surface area contributed by atoms with Crippen LogP contribution >= 0.6 is 0 Å². The Morgan fingerprint density at radius 1 is 1.21 bits per heavy atom. The maximum absolute atomic E-state index is 12.3. The predicted octanol–water partition coefficient (Wildman–Crippen LogP) is 3.91. The third-order valence-electron chi connectivity index (χ3n) is 3.71. The van der Waals surface area contributed by atoms with Crippen molar-refractivity contribution >= 4 is 6.09 Å². The molecule has 0 spiro atoms. The van der Waals surface area contributed by atoms with Crippen molar-refractivity contribution < 1.29 is 22.7 Å². The molecule has 0 saturated carbocycles. The van der Waals surface area contributed by atoms with E-state index in [1.807, 2.05) is 26.8 Å². The standard InChI is InChI=1S/C17H23F3N2O2/c1-16(2,3)24-15(23)22-10-7-12-4-5-13(6-9-17(18,19)20)21-14(12)8-11-22/h4-5H,6-11H2,1-3H3. The normalized spacial score (nSPS) is 15.7. The van der Waals surface area contributed by atoms with Crippen LogP contribution in [0.15, 0.2) is 12.1 Å². The summed E-state index contributed by atoms with van der Waals surface area (Å²) in [5.41, 5.74) is 1.65. The fourth-order valence-corrected chi connectivity index (χ4v) is 2.55. The number of fused-ring (bicyclic) bond motifs is 1. The number of carbonyl (C=O) groups is 1. The summed E-state index contributed by atoms with van der Waals surface area (Å²) in [4.78, 5) is 18.1. The number of amides is 1. The van der Waals surface area contributed by atoms with Gasteiger partial charge in [0.1, 0.15) is 5.60 Å². The van der Waals surface area contributed by atoms with Crippen molar-refractivity contribution in [3.8, 4) is 0 Å². The quantitative estimate of drug-likeness (QED) is 0.817. The Morgan fingerprint density at radius 2 is 1.88 bits per heavy atom. The highest BCUT2D eigenvalue weighted by atomic mass is 19.4. The van der Waals surface area contributed by atoms with Crippen LogP contribution in [-0.4, -0.2) is 40.8 Å². The molecule has 1 aliphatic heterocycles. The van der Waals surface area contributed by atoms with Crippen LogP contribution in [0.5, 0.6) is 0 Å². The molecule has 1 aliphatic rings. The third kappa shape index (κ3) is 5.69. The number of rotatable bonds is 2. The SMILES string of the molecule is CC(C)(C)OC(=O)N1CCc2ccc(CCC(F)(F)F)nc2CC1. The summed E-state index contributed by atoms with van der Waals surface area (Å²) in [6, 6.07) is 3.47. The van der Waals surface area contributed by atoms with Gasteiger partial charge >= 0.3 is 12.3 Å². The molecule has 0 aliphatic carbocycles. The van der Waals surface area contributed by atoms with Gasteiger partial charge in [-0.05, 0) is 45.2 Å². The molecule has 1 amide bonds. The molecule has 1 aromatic heterocycles. The summed E-state index contributed by atoms with van der Waals surface area (Å²) in [7, 11) is 0. The minimum Gasteiger partial charge on any atom is -0.444 e. The second-order valence-electron chi connectivity index (χ2n) is 6.99. The third-order valence-corrected chi connectivity index (χ3v) is 3.71. The monoisotopic (exact) mass is 344 g/mol. The molecule has 0 atom stereocenters. The molecule has 1 aromatic rings. The minimum atomic E-state index is -4.18. The van der Waals surface area contributed by atoms with Crippen molar-refractivity contribution in [2.75, 3.05) is 13.1 Å². The van der Waals surface area contributed by atoms with Gasteiger partial charge in [0.25, 0.3) is 0 Å². The van der Waals surface area contributed by atoms with Crippen molar-refractivity contribution in [2.45, 2.75) is 58.2 Å². The molecular weight excluding hydrogens is 321 g/mol. The molecule has 0 N–H and O–H groups in total. The fourth-order valence-electron chi connectivity index (χ4n) is 2.55. The predicted molar refractivity (Wildman–Crippen MR) is 83.8 cm³/mol. The van der Waals surface area contributed by atoms with Crippen LogP contribution in [0.2, 0.25) is 0 Å². The fraction of sp³-hybridized carbons (Fsp3) is 0.647. The molecule has 7 heteroatoms. The van der Waals surface area contributed by atoms with Gasteiger partial charge in [-0.15, -0.1) is 0 Å². The Morgan fingerprint density at radius 3 is 2.50 bits per heavy atom. The van der Waals surface area contributed by atoms with Crippen molar-refractivity contribution in [1.29, 1.82) is 0 Å². The number of hydrogen-bond acceptors (Lipinski definition) is 3. The molecular formula is C17H23F3N2O2. The Balaban J connectivity index is 2.01. The van der Waals surface area contributed by atoms with Crippen molar-refractivity contribution in [2.24, 2.45) is 0 Å². The Kier molecular flexibility index (Phi) is 5.40. The summed E-state index contributed by atoms with van der Waals surface area (Å²) in [5.74, 6) is 0. The number of alkyl halides is 3. The van der Waals surface area contributed by atoms with Crippen LogP contribution in [0.4, 0.5) is 18.0 Å². The van der Waals surface area contributed by atoms with Gasteiger partial charge < -0.3 is 9.64 Å². The lowest BCUT2D eigenvalue weighted by Crippen LogP contribution is -2.38. The number of ether oxygens (including phenoxy) is 1. The first-order chi connectivity index (χ1) is 11.0. The number of aromatic nitrogens is 1. The van der Waals surface area contributed by atoms with Gasteiger partial charge in [-0.25, -0.2) is 4.79 Å². The summed E-state index contributed by atoms with van der Waals surface area (Å²) in [5, 5.41) is 0. The second-order valence-corrected chi connectivity index (χ2v) is 6.99. The van der Waals surface area contributed by atoms with Gasteiger partial charge in [0, 0.05) is 37.3 Å². The zero-order chi connectivity index (χ0) is 18.0. The molecule has 2 rings (SSSR count). The Labute approximate surface area is 140 Å². The number of hydrogen-bond donors (Lipinski definition) is 0. The summed E-state index contributed by atoms with van der Waals surface area (Å²) < 4.78 is 42.4. The average Bonchev–Trinajstić information content (AvgIpc) is 2.64. The smallest absolute Gasteiger partial charge is 0.410 e. The highest BCUT2D eigenvalue weighted by Gasteiger charge is 2.27. The first-order valence-electron chi connectivity index (χ1n) is 8.06. The van der Waals surface area contributed by atoms with E-state index in [9.17, 15) is 18.0 Å². The number of carbonyl (C=O) groups excluding carboxylic acids is 1. The highest BCUT2D eigenvalue weighted by Crippen LogP contribution is 2.23. The lowest BCUT2D eigenvalue weighted by molar-refractivity contribution is -0.134. The molecule has 0 saturated heterocycles. The summed E-state index contributed by atoms with van der Waals surface area (Å²) in [6.07, 6.45) is -4.39. The van der Waals surface area contributed by atoms with Crippen LogP contribution in [0, 0.1) is 0 Å². The Bertz CT molecular complexity index is 594. The Hall–Kier alpha value is -1.79. The van der Waals surface area contributed by atoms with Crippen LogP contribution < -0.4 is 0 Å². The van der Waals surface area contributed by atoms with Crippen molar-refractivity contribution in [3.63, 3.8) is 0 Å². The summed E-state index contributed by atoms with van der Waals surface area (Å²) in [6.45, 7) is 6.41. The van der Waals surface area contributed by atoms with Gasteiger partial charge in [-0.3, -0.25) is 4.98 Å². The van der Waals surface area contributed by atoms with E-state index in [2.05, 4.69) is 4.98 Å². The summed E-state index contributed by atoms with van der Waals surface area (Å²) >= 11 is 0. The maximum atomic E-state index is 12.3. The van der Waals surface area contributed by atoms with Crippen molar-refractivity contribution in [3.05, 3.63) is 29.1 Å². The minimum absolute atomic E-state index is 0.118. The molecule has 0 radical (unpaired) electrons. The molecule has 2 heterocycles. The molecule has 0 unspecified atom stereocenters. The number of nitrogens with zero attached hydrogens (tertiary/aromatic N) is 2. The van der Waals surface area contributed by atoms with E-state index in [0.29, 0.717) is 31.6 Å². The van der Waals surface area contributed by atoms with Crippen LogP contribution in [0.1, 0.15) is 44.1 Å². The molecule has 0 bridgehead atoms.